The first-order valence-corrected chi connectivity index (χ1v) is 9.14. The third-order valence-electron chi connectivity index (χ3n) is 3.23. The van der Waals surface area contributed by atoms with Gasteiger partial charge in [0.05, 0.1) is 11.1 Å². The van der Waals surface area contributed by atoms with E-state index in [0.29, 0.717) is 28.7 Å². The summed E-state index contributed by atoms with van der Waals surface area (Å²) >= 11 is 2.80. The molecular formula is C15H12F3N3OS2. The molecule has 0 radical (unpaired) electrons. The van der Waals surface area contributed by atoms with E-state index in [4.69, 9.17) is 4.42 Å². The first kappa shape index (κ1) is 17.1. The van der Waals surface area contributed by atoms with Crippen molar-refractivity contribution < 1.29 is 17.6 Å². The van der Waals surface area contributed by atoms with Crippen LogP contribution in [0.25, 0.3) is 10.9 Å². The minimum absolute atomic E-state index is 0.0301. The highest BCUT2D eigenvalue weighted by atomic mass is 32.2. The maximum Gasteiger partial charge on any atom is 0.418 e. The van der Waals surface area contributed by atoms with E-state index in [1.165, 1.54) is 35.8 Å². The lowest BCUT2D eigenvalue weighted by Crippen LogP contribution is -2.06. The van der Waals surface area contributed by atoms with Crippen molar-refractivity contribution in [2.24, 2.45) is 0 Å². The number of para-hydroxylation sites is 1. The van der Waals surface area contributed by atoms with Crippen molar-refractivity contribution in [1.82, 2.24) is 15.2 Å². The van der Waals surface area contributed by atoms with Gasteiger partial charge in [0, 0.05) is 28.7 Å². The van der Waals surface area contributed by atoms with E-state index in [-0.39, 0.29) is 5.52 Å². The number of aryl methyl sites for hydroxylation is 1. The standard InChI is InChI=1S/C15H12F3N3OS2/c1-23-14-21-20-12(22-14)6-8-24-11-5-7-19-13-9(11)3-2-4-10(13)15(16,17)18/h2-5,7H,6,8H2,1H3. The van der Waals surface area contributed by atoms with Gasteiger partial charge in [-0.1, -0.05) is 23.9 Å². The zero-order chi connectivity index (χ0) is 17.2. The minimum atomic E-state index is -4.42. The first-order valence-electron chi connectivity index (χ1n) is 6.93. The lowest BCUT2D eigenvalue weighted by atomic mass is 10.1. The molecule has 0 amide bonds. The molecule has 0 spiro atoms. The fourth-order valence-electron chi connectivity index (χ4n) is 2.18. The number of hydrogen-bond donors (Lipinski definition) is 0. The van der Waals surface area contributed by atoms with Gasteiger partial charge in [-0.25, -0.2) is 0 Å². The number of benzene rings is 1. The fraction of sp³-hybridized carbons (Fsp3) is 0.267. The molecule has 24 heavy (non-hydrogen) atoms. The second-order valence-corrected chi connectivity index (χ2v) is 6.67. The molecule has 0 aliphatic rings. The summed E-state index contributed by atoms with van der Waals surface area (Å²) in [5.74, 6) is 1.13. The van der Waals surface area contributed by atoms with Crippen LogP contribution in [0.3, 0.4) is 0 Å². The van der Waals surface area contributed by atoms with Crippen molar-refractivity contribution in [3.05, 3.63) is 41.9 Å². The molecule has 2 heterocycles. The zero-order valence-electron chi connectivity index (χ0n) is 12.5. The van der Waals surface area contributed by atoms with Crippen LogP contribution in [-0.4, -0.2) is 27.2 Å². The summed E-state index contributed by atoms with van der Waals surface area (Å²) in [6.45, 7) is 0. The van der Waals surface area contributed by atoms with E-state index in [2.05, 4.69) is 15.2 Å². The van der Waals surface area contributed by atoms with Gasteiger partial charge >= 0.3 is 6.18 Å². The predicted octanol–water partition coefficient (Wildman–Crippen LogP) is 4.69. The normalized spacial score (nSPS) is 12.0. The minimum Gasteiger partial charge on any atom is -0.416 e. The predicted molar refractivity (Wildman–Crippen MR) is 87.3 cm³/mol. The van der Waals surface area contributed by atoms with Crippen molar-refractivity contribution in [2.75, 3.05) is 12.0 Å². The number of rotatable bonds is 5. The fourth-order valence-corrected chi connectivity index (χ4v) is 3.45. The lowest BCUT2D eigenvalue weighted by Gasteiger charge is -2.11. The van der Waals surface area contributed by atoms with Crippen molar-refractivity contribution >= 4 is 34.4 Å². The van der Waals surface area contributed by atoms with Gasteiger partial charge < -0.3 is 4.42 Å². The summed E-state index contributed by atoms with van der Waals surface area (Å²) < 4.78 is 44.6. The smallest absolute Gasteiger partial charge is 0.416 e. The monoisotopic (exact) mass is 371 g/mol. The number of aromatic nitrogens is 3. The van der Waals surface area contributed by atoms with Crippen LogP contribution in [0.5, 0.6) is 0 Å². The van der Waals surface area contributed by atoms with Crippen LogP contribution in [-0.2, 0) is 12.6 Å². The summed E-state index contributed by atoms with van der Waals surface area (Å²) in [6.07, 6.45) is -0.638. The summed E-state index contributed by atoms with van der Waals surface area (Å²) in [7, 11) is 0. The number of thioether (sulfide) groups is 2. The van der Waals surface area contributed by atoms with Gasteiger partial charge in [0.2, 0.25) is 5.89 Å². The Balaban J connectivity index is 1.80. The second kappa shape index (κ2) is 7.02. The third kappa shape index (κ3) is 3.67. The molecule has 0 saturated heterocycles. The SMILES string of the molecule is CSc1nnc(CCSc2ccnc3c(C(F)(F)F)cccc23)o1. The van der Waals surface area contributed by atoms with E-state index in [9.17, 15) is 13.2 Å². The van der Waals surface area contributed by atoms with Crippen molar-refractivity contribution in [3.63, 3.8) is 0 Å². The molecule has 0 unspecified atom stereocenters. The molecule has 0 fully saturated rings. The van der Waals surface area contributed by atoms with Gasteiger partial charge in [0.1, 0.15) is 0 Å². The van der Waals surface area contributed by atoms with E-state index < -0.39 is 11.7 Å². The topological polar surface area (TPSA) is 51.8 Å². The average molecular weight is 371 g/mol. The lowest BCUT2D eigenvalue weighted by molar-refractivity contribution is -0.136. The number of halogens is 3. The number of alkyl halides is 3. The van der Waals surface area contributed by atoms with Gasteiger partial charge in [0.15, 0.2) is 0 Å². The molecule has 3 rings (SSSR count). The molecule has 3 aromatic rings. The molecule has 2 aromatic heterocycles. The largest absolute Gasteiger partial charge is 0.418 e. The zero-order valence-corrected chi connectivity index (χ0v) is 14.1. The van der Waals surface area contributed by atoms with Crippen molar-refractivity contribution in [3.8, 4) is 0 Å². The molecule has 0 aliphatic heterocycles. The second-order valence-electron chi connectivity index (χ2n) is 4.77. The van der Waals surface area contributed by atoms with Crippen LogP contribution in [0.2, 0.25) is 0 Å². The van der Waals surface area contributed by atoms with Gasteiger partial charge in [0.25, 0.3) is 5.22 Å². The van der Waals surface area contributed by atoms with E-state index in [0.717, 1.165) is 11.0 Å². The van der Waals surface area contributed by atoms with Crippen LogP contribution in [0.1, 0.15) is 11.5 Å². The maximum absolute atomic E-state index is 13.1. The van der Waals surface area contributed by atoms with E-state index >= 15 is 0 Å². The van der Waals surface area contributed by atoms with Gasteiger partial charge in [-0.3, -0.25) is 4.98 Å². The third-order valence-corrected chi connectivity index (χ3v) is 4.82. The highest BCUT2D eigenvalue weighted by molar-refractivity contribution is 7.99. The van der Waals surface area contributed by atoms with Crippen molar-refractivity contribution in [1.29, 1.82) is 0 Å². The van der Waals surface area contributed by atoms with Gasteiger partial charge in [-0.2, -0.15) is 13.2 Å². The molecule has 0 N–H and O–H groups in total. The van der Waals surface area contributed by atoms with Crippen LogP contribution in [0, 0.1) is 0 Å². The molecule has 1 aromatic carbocycles. The highest BCUT2D eigenvalue weighted by Crippen LogP contribution is 2.36. The van der Waals surface area contributed by atoms with Crippen molar-refractivity contribution in [2.45, 2.75) is 22.7 Å². The molecule has 0 aliphatic carbocycles. The number of pyridine rings is 1. The maximum atomic E-state index is 13.1. The molecule has 126 valence electrons. The molecular weight excluding hydrogens is 359 g/mol. The number of nitrogens with zero attached hydrogens (tertiary/aromatic N) is 3. The summed E-state index contributed by atoms with van der Waals surface area (Å²) in [5, 5.41) is 8.76. The Morgan fingerprint density at radius 3 is 2.71 bits per heavy atom. The van der Waals surface area contributed by atoms with Crippen LogP contribution in [0.15, 0.2) is 45.0 Å². The highest BCUT2D eigenvalue weighted by Gasteiger charge is 2.33. The molecule has 0 atom stereocenters. The average Bonchev–Trinajstić information content (AvgIpc) is 3.01. The van der Waals surface area contributed by atoms with E-state index in [1.54, 1.807) is 12.1 Å². The van der Waals surface area contributed by atoms with E-state index in [1.807, 2.05) is 6.26 Å². The molecule has 9 heteroatoms. The molecule has 0 bridgehead atoms. The molecule has 4 nitrogen and oxygen atoms in total. The quantitative estimate of drug-likeness (QED) is 0.606. The Labute approximate surface area is 144 Å². The van der Waals surface area contributed by atoms with Gasteiger partial charge in [-0.05, 0) is 18.4 Å². The number of fused-ring (bicyclic) bond motifs is 1. The molecule has 0 saturated carbocycles. The van der Waals surface area contributed by atoms with Gasteiger partial charge in [-0.15, -0.1) is 22.0 Å². The Morgan fingerprint density at radius 1 is 1.17 bits per heavy atom. The Morgan fingerprint density at radius 2 is 2.00 bits per heavy atom. The van der Waals surface area contributed by atoms with Crippen LogP contribution in [0.4, 0.5) is 13.2 Å². The Hall–Kier alpha value is -1.74. The number of hydrogen-bond acceptors (Lipinski definition) is 6. The van der Waals surface area contributed by atoms with Crippen LogP contribution < -0.4 is 0 Å². The summed E-state index contributed by atoms with van der Waals surface area (Å²) in [6, 6.07) is 5.82. The van der Waals surface area contributed by atoms with Crippen LogP contribution >= 0.6 is 23.5 Å². The summed E-state index contributed by atoms with van der Waals surface area (Å²) in [5.41, 5.74) is -0.749. The first-order chi connectivity index (χ1) is 11.5. The Kier molecular flexibility index (Phi) is 5.00. The Bertz CT molecular complexity index is 851. The summed E-state index contributed by atoms with van der Waals surface area (Å²) in [4.78, 5) is 4.66.